The Bertz CT molecular complexity index is 734. The van der Waals surface area contributed by atoms with Gasteiger partial charge in [-0.3, -0.25) is 0 Å². The summed E-state index contributed by atoms with van der Waals surface area (Å²) in [5, 5.41) is 2.77. The monoisotopic (exact) mass is 453 g/mol. The van der Waals surface area contributed by atoms with Gasteiger partial charge in [0, 0.05) is 21.1 Å². The Balaban J connectivity index is 1.98. The topological polar surface area (TPSA) is 92.3 Å². The largest absolute Gasteiger partial charge is 0.467 e. The second kappa shape index (κ2) is 11.0. The number of ether oxygens (including phenoxy) is 5. The number of esters is 1. The summed E-state index contributed by atoms with van der Waals surface area (Å²) < 4.78 is 26.4. The quantitative estimate of drug-likeness (QED) is 0.292. The van der Waals surface area contributed by atoms with E-state index in [9.17, 15) is 9.59 Å². The number of rotatable bonds is 12. The Morgan fingerprint density at radius 2 is 1.87 bits per heavy atom. The van der Waals surface area contributed by atoms with Crippen LogP contribution in [-0.2, 0) is 23.7 Å². The van der Waals surface area contributed by atoms with Gasteiger partial charge in [-0.05, 0) is 44.0 Å². The van der Waals surface area contributed by atoms with E-state index in [4.69, 9.17) is 23.7 Å². The van der Waals surface area contributed by atoms with Gasteiger partial charge < -0.3 is 29.0 Å². The molecule has 8 nitrogen and oxygen atoms in total. The minimum absolute atomic E-state index is 0.0648. The Morgan fingerprint density at radius 3 is 2.45 bits per heavy atom. The summed E-state index contributed by atoms with van der Waals surface area (Å²) in [5.74, 6) is 0.00693. The molecule has 1 fully saturated rings. The van der Waals surface area contributed by atoms with Gasteiger partial charge in [0.15, 0.2) is 13.1 Å². The Morgan fingerprint density at radius 1 is 1.19 bits per heavy atom. The van der Waals surface area contributed by atoms with Crippen molar-refractivity contribution in [2.45, 2.75) is 63.7 Å². The molecule has 31 heavy (non-hydrogen) atoms. The van der Waals surface area contributed by atoms with E-state index in [1.54, 1.807) is 33.1 Å². The zero-order valence-electron chi connectivity index (χ0n) is 19.4. The van der Waals surface area contributed by atoms with Gasteiger partial charge in [-0.25, -0.2) is 9.59 Å². The van der Waals surface area contributed by atoms with E-state index in [2.05, 4.69) is 25.0 Å². The minimum atomic E-state index is -1.32. The first kappa shape index (κ1) is 25.2. The molecule has 0 aliphatic heterocycles. The molecule has 1 unspecified atom stereocenters. The summed E-state index contributed by atoms with van der Waals surface area (Å²) in [6, 6.07) is 8.22. The van der Waals surface area contributed by atoms with Crippen molar-refractivity contribution in [1.29, 1.82) is 0 Å². The standard InChI is InChI=1S/C22H35NO7Si/c1-7-27-20(24)22(23-21(25)28-12-13-31(4,5)6)14-19(22)17-8-10-18(11-9-17)30-15-29-16(2)26-3/h8-11,16,19H,7,12-15H2,1-6H3,(H,23,25)/t16?,19-,22+/m1/s1. The molecule has 9 heteroatoms. The van der Waals surface area contributed by atoms with Crippen molar-refractivity contribution in [3.8, 4) is 5.75 Å². The van der Waals surface area contributed by atoms with E-state index in [1.807, 2.05) is 12.1 Å². The summed E-state index contributed by atoms with van der Waals surface area (Å²) in [7, 11) is 0.241. The third kappa shape index (κ3) is 7.51. The lowest BCUT2D eigenvalue weighted by Crippen LogP contribution is -2.46. The van der Waals surface area contributed by atoms with Gasteiger partial charge in [0.25, 0.3) is 0 Å². The molecule has 1 aliphatic rings. The predicted molar refractivity (Wildman–Crippen MR) is 119 cm³/mol. The lowest BCUT2D eigenvalue weighted by Gasteiger charge is -2.19. The highest BCUT2D eigenvalue weighted by Crippen LogP contribution is 2.52. The van der Waals surface area contributed by atoms with Crippen molar-refractivity contribution in [3.05, 3.63) is 29.8 Å². The van der Waals surface area contributed by atoms with Crippen LogP contribution in [0.3, 0.4) is 0 Å². The molecular formula is C22H35NO7Si. The molecule has 0 heterocycles. The SMILES string of the molecule is CCOC(=O)[C@]1(NC(=O)OCC[Si](C)(C)C)C[C@@H]1c1ccc(OCOC(C)OC)cc1. The summed E-state index contributed by atoms with van der Waals surface area (Å²) in [6.45, 7) is 10.8. The Hall–Kier alpha value is -2.10. The lowest BCUT2D eigenvalue weighted by atomic mass is 10.1. The van der Waals surface area contributed by atoms with Crippen LogP contribution in [0.25, 0.3) is 0 Å². The van der Waals surface area contributed by atoms with E-state index >= 15 is 0 Å². The lowest BCUT2D eigenvalue weighted by molar-refractivity contribution is -0.149. The highest BCUT2D eigenvalue weighted by atomic mass is 28.3. The third-order valence-electron chi connectivity index (χ3n) is 5.15. The summed E-state index contributed by atoms with van der Waals surface area (Å²) in [5.41, 5.74) is -0.181. The molecule has 1 N–H and O–H groups in total. The zero-order valence-corrected chi connectivity index (χ0v) is 20.4. The van der Waals surface area contributed by atoms with Gasteiger partial charge in [0.1, 0.15) is 11.3 Å². The van der Waals surface area contributed by atoms with Gasteiger partial charge in [-0.2, -0.15) is 0 Å². The number of benzene rings is 1. The van der Waals surface area contributed by atoms with E-state index in [-0.39, 0.29) is 25.6 Å². The van der Waals surface area contributed by atoms with E-state index < -0.39 is 25.7 Å². The van der Waals surface area contributed by atoms with Crippen molar-refractivity contribution in [1.82, 2.24) is 5.32 Å². The summed E-state index contributed by atoms with van der Waals surface area (Å²) in [6.07, 6.45) is -0.477. The van der Waals surface area contributed by atoms with Crippen LogP contribution in [0.1, 0.15) is 31.7 Å². The third-order valence-corrected chi connectivity index (χ3v) is 6.86. The second-order valence-corrected chi connectivity index (χ2v) is 14.4. The maximum atomic E-state index is 12.6. The average molecular weight is 454 g/mol. The van der Waals surface area contributed by atoms with Gasteiger partial charge in [0.05, 0.1) is 13.2 Å². The van der Waals surface area contributed by atoms with Crippen molar-refractivity contribution < 1.29 is 33.3 Å². The molecule has 3 atom stereocenters. The molecule has 0 radical (unpaired) electrons. The molecule has 0 spiro atoms. The summed E-state index contributed by atoms with van der Waals surface area (Å²) >= 11 is 0. The van der Waals surface area contributed by atoms with E-state index in [0.29, 0.717) is 18.8 Å². The van der Waals surface area contributed by atoms with E-state index in [1.165, 1.54) is 0 Å². The molecule has 0 aromatic heterocycles. The number of alkyl carbamates (subject to hydrolysis) is 1. The van der Waals surface area contributed by atoms with Gasteiger partial charge >= 0.3 is 12.1 Å². The van der Waals surface area contributed by atoms with Crippen LogP contribution in [0.4, 0.5) is 4.79 Å². The molecule has 1 aliphatic carbocycles. The Kier molecular flexibility index (Phi) is 8.90. The average Bonchev–Trinajstić information content (AvgIpc) is 3.42. The maximum absolute atomic E-state index is 12.6. The normalized spacial score (nSPS) is 21.2. The van der Waals surface area contributed by atoms with Crippen LogP contribution < -0.4 is 10.1 Å². The first-order chi connectivity index (χ1) is 14.6. The number of carbonyl (C=O) groups excluding carboxylic acids is 2. The molecule has 0 bridgehead atoms. The van der Waals surface area contributed by atoms with Gasteiger partial charge in [-0.1, -0.05) is 31.8 Å². The molecule has 1 aromatic rings. The van der Waals surface area contributed by atoms with Crippen LogP contribution in [0, 0.1) is 0 Å². The van der Waals surface area contributed by atoms with Crippen LogP contribution in [-0.4, -0.2) is 59.1 Å². The van der Waals surface area contributed by atoms with Crippen molar-refractivity contribution in [2.75, 3.05) is 27.1 Å². The smallest absolute Gasteiger partial charge is 0.408 e. The second-order valence-electron chi connectivity index (χ2n) is 8.82. The fourth-order valence-corrected chi connectivity index (χ4v) is 3.78. The Labute approximate surface area is 185 Å². The molecular weight excluding hydrogens is 418 g/mol. The fraction of sp³-hybridized carbons (Fsp3) is 0.636. The highest BCUT2D eigenvalue weighted by Gasteiger charge is 2.63. The zero-order chi connectivity index (χ0) is 23.1. The van der Waals surface area contributed by atoms with E-state index in [0.717, 1.165) is 11.6 Å². The van der Waals surface area contributed by atoms with Crippen molar-refractivity contribution >= 4 is 20.1 Å². The number of methoxy groups -OCH3 is 1. The fourth-order valence-electron chi connectivity index (χ4n) is 3.07. The molecule has 174 valence electrons. The molecule has 1 aromatic carbocycles. The predicted octanol–water partition coefficient (Wildman–Crippen LogP) is 3.89. The highest BCUT2D eigenvalue weighted by molar-refractivity contribution is 6.76. The number of hydrogen-bond acceptors (Lipinski definition) is 7. The molecule has 1 saturated carbocycles. The van der Waals surface area contributed by atoms with Crippen molar-refractivity contribution in [3.63, 3.8) is 0 Å². The minimum Gasteiger partial charge on any atom is -0.467 e. The molecule has 2 rings (SSSR count). The van der Waals surface area contributed by atoms with Gasteiger partial charge in [-0.15, -0.1) is 0 Å². The number of hydrogen-bond donors (Lipinski definition) is 1. The molecule has 1 amide bonds. The summed E-state index contributed by atoms with van der Waals surface area (Å²) in [4.78, 5) is 25.0. The van der Waals surface area contributed by atoms with Crippen molar-refractivity contribution in [2.24, 2.45) is 0 Å². The number of carbonyl (C=O) groups is 2. The van der Waals surface area contributed by atoms with Crippen LogP contribution >= 0.6 is 0 Å². The maximum Gasteiger partial charge on any atom is 0.408 e. The molecule has 0 saturated heterocycles. The van der Waals surface area contributed by atoms with Crippen LogP contribution in [0.5, 0.6) is 5.75 Å². The van der Waals surface area contributed by atoms with Crippen LogP contribution in [0.15, 0.2) is 24.3 Å². The first-order valence-electron chi connectivity index (χ1n) is 10.6. The first-order valence-corrected chi connectivity index (χ1v) is 14.3. The van der Waals surface area contributed by atoms with Crippen LogP contribution in [0.2, 0.25) is 25.7 Å². The number of amides is 1. The van der Waals surface area contributed by atoms with Gasteiger partial charge in [0.2, 0.25) is 0 Å². The number of nitrogens with one attached hydrogen (secondary N) is 1.